The van der Waals surface area contributed by atoms with Crippen molar-refractivity contribution in [3.8, 4) is 0 Å². The van der Waals surface area contributed by atoms with Crippen LogP contribution in [0.3, 0.4) is 0 Å². The average molecular weight is 346 g/mol. The van der Waals surface area contributed by atoms with E-state index < -0.39 is 0 Å². The van der Waals surface area contributed by atoms with Gasteiger partial charge in [-0.2, -0.15) is 0 Å². The second-order valence-corrected chi connectivity index (χ2v) is 7.05. The lowest BCUT2D eigenvalue weighted by Gasteiger charge is -2.31. The first kappa shape index (κ1) is 19.4. The first-order chi connectivity index (χ1) is 12.1. The second kappa shape index (κ2) is 10.2. The topological polar surface area (TPSA) is 58.6 Å². The number of hydrogen-bond donors (Lipinski definition) is 1. The Bertz CT molecular complexity index is 537. The number of amides is 2. The third-order valence-corrected chi connectivity index (χ3v) is 4.40. The smallest absolute Gasteiger partial charge is 0.317 e. The molecule has 0 unspecified atom stereocenters. The molecule has 5 nitrogen and oxygen atoms in total. The third-order valence-electron chi connectivity index (χ3n) is 4.40. The molecule has 0 radical (unpaired) electrons. The van der Waals surface area contributed by atoms with E-state index in [2.05, 4.69) is 19.2 Å². The van der Waals surface area contributed by atoms with Crippen LogP contribution in [0.5, 0.6) is 0 Å². The zero-order chi connectivity index (χ0) is 18.1. The number of nitrogens with one attached hydrogen (secondary N) is 1. The molecule has 1 fully saturated rings. The van der Waals surface area contributed by atoms with Gasteiger partial charge < -0.3 is 15.0 Å². The third kappa shape index (κ3) is 6.50. The van der Waals surface area contributed by atoms with Crippen molar-refractivity contribution < 1.29 is 14.3 Å². The molecule has 1 aromatic carbocycles. The largest absolute Gasteiger partial charge is 0.381 e. The second-order valence-electron chi connectivity index (χ2n) is 7.05. The molecular formula is C20H30N2O3. The molecule has 0 spiro atoms. The Hall–Kier alpha value is -1.88. The van der Waals surface area contributed by atoms with Crippen molar-refractivity contribution in [1.82, 2.24) is 10.2 Å². The van der Waals surface area contributed by atoms with Crippen molar-refractivity contribution in [2.24, 2.45) is 11.8 Å². The van der Waals surface area contributed by atoms with Gasteiger partial charge in [0.2, 0.25) is 0 Å². The number of carbonyl (C=O) groups is 2. The predicted octanol–water partition coefficient (Wildman–Crippen LogP) is 3.35. The van der Waals surface area contributed by atoms with E-state index in [0.717, 1.165) is 31.4 Å². The van der Waals surface area contributed by atoms with Gasteiger partial charge in [0.05, 0.1) is 0 Å². The molecule has 1 aromatic rings. The summed E-state index contributed by atoms with van der Waals surface area (Å²) >= 11 is 0. The molecule has 1 aliphatic rings. The molecular weight excluding hydrogens is 316 g/mol. The molecule has 1 N–H and O–H groups in total. The molecule has 0 atom stereocenters. The van der Waals surface area contributed by atoms with Crippen molar-refractivity contribution in [2.75, 3.05) is 32.8 Å². The fraction of sp³-hybridized carbons (Fsp3) is 0.600. The molecule has 1 heterocycles. The minimum atomic E-state index is -0.0329. The first-order valence-electron chi connectivity index (χ1n) is 9.27. The lowest BCUT2D eigenvalue weighted by molar-refractivity contribution is 0.0853. The summed E-state index contributed by atoms with van der Waals surface area (Å²) < 4.78 is 5.50. The van der Waals surface area contributed by atoms with Gasteiger partial charge >= 0.3 is 6.03 Å². The van der Waals surface area contributed by atoms with Crippen molar-refractivity contribution >= 4 is 11.8 Å². The van der Waals surface area contributed by atoms with Crippen molar-refractivity contribution in [1.29, 1.82) is 0 Å². The van der Waals surface area contributed by atoms with E-state index in [1.54, 1.807) is 0 Å². The van der Waals surface area contributed by atoms with Crippen molar-refractivity contribution in [3.05, 3.63) is 35.9 Å². The van der Waals surface area contributed by atoms with E-state index in [-0.39, 0.29) is 17.7 Å². The summed E-state index contributed by atoms with van der Waals surface area (Å²) in [4.78, 5) is 26.4. The molecule has 2 amide bonds. The van der Waals surface area contributed by atoms with Crippen molar-refractivity contribution in [3.63, 3.8) is 0 Å². The van der Waals surface area contributed by atoms with Gasteiger partial charge in [-0.05, 0) is 25.2 Å². The van der Waals surface area contributed by atoms with Crippen LogP contribution in [0.25, 0.3) is 0 Å². The van der Waals surface area contributed by atoms with Crippen LogP contribution in [0.2, 0.25) is 0 Å². The van der Waals surface area contributed by atoms with Crippen molar-refractivity contribution in [2.45, 2.75) is 33.1 Å². The molecule has 5 heteroatoms. The lowest BCUT2D eigenvalue weighted by Crippen LogP contribution is -2.45. The summed E-state index contributed by atoms with van der Waals surface area (Å²) in [5.74, 6) is 0.758. The average Bonchev–Trinajstić information content (AvgIpc) is 2.64. The Labute approximate surface area is 150 Å². The number of piperidine rings is 1. The van der Waals surface area contributed by atoms with E-state index in [4.69, 9.17) is 4.74 Å². The Morgan fingerprint density at radius 3 is 2.52 bits per heavy atom. The number of carbonyl (C=O) groups excluding carboxylic acids is 2. The van der Waals surface area contributed by atoms with Crippen LogP contribution in [-0.4, -0.2) is 49.6 Å². The molecule has 25 heavy (non-hydrogen) atoms. The van der Waals surface area contributed by atoms with Crippen LogP contribution < -0.4 is 5.32 Å². The maximum absolute atomic E-state index is 12.5. The van der Waals surface area contributed by atoms with Gasteiger partial charge in [0.1, 0.15) is 0 Å². The molecule has 0 bridgehead atoms. The van der Waals surface area contributed by atoms with Crippen LogP contribution in [-0.2, 0) is 4.74 Å². The summed E-state index contributed by atoms with van der Waals surface area (Å²) in [6.07, 6.45) is 2.29. The van der Waals surface area contributed by atoms with E-state index >= 15 is 0 Å². The summed E-state index contributed by atoms with van der Waals surface area (Å²) in [5, 5.41) is 2.94. The fourth-order valence-electron chi connectivity index (χ4n) is 2.98. The zero-order valence-electron chi connectivity index (χ0n) is 15.4. The molecule has 1 saturated heterocycles. The highest BCUT2D eigenvalue weighted by Crippen LogP contribution is 2.21. The quantitative estimate of drug-likeness (QED) is 0.580. The maximum atomic E-state index is 12.5. The molecule has 1 aliphatic heterocycles. The maximum Gasteiger partial charge on any atom is 0.317 e. The number of ether oxygens (including phenoxy) is 1. The van der Waals surface area contributed by atoms with Crippen LogP contribution in [0.4, 0.5) is 4.79 Å². The van der Waals surface area contributed by atoms with Crippen LogP contribution in [0.15, 0.2) is 30.3 Å². The Balaban J connectivity index is 1.64. The Kier molecular flexibility index (Phi) is 7.92. The molecule has 0 aliphatic carbocycles. The lowest BCUT2D eigenvalue weighted by atomic mass is 9.89. The number of rotatable bonds is 8. The van der Waals surface area contributed by atoms with Gasteiger partial charge in [-0.1, -0.05) is 44.2 Å². The zero-order valence-corrected chi connectivity index (χ0v) is 15.4. The van der Waals surface area contributed by atoms with Gasteiger partial charge in [-0.25, -0.2) is 4.79 Å². The number of benzene rings is 1. The molecule has 0 aromatic heterocycles. The minimum absolute atomic E-state index is 0.0240. The van der Waals surface area contributed by atoms with Gasteiger partial charge in [-0.3, -0.25) is 4.79 Å². The highest BCUT2D eigenvalue weighted by atomic mass is 16.5. The van der Waals surface area contributed by atoms with E-state index in [0.29, 0.717) is 32.2 Å². The number of hydrogen-bond acceptors (Lipinski definition) is 3. The fourth-order valence-corrected chi connectivity index (χ4v) is 2.98. The molecule has 2 rings (SSSR count). The SMILES string of the molecule is CC(C)COCCCNC(=O)N1CCC(C(=O)c2ccccc2)CC1. The number of likely N-dealkylation sites (tertiary alicyclic amines) is 1. The highest BCUT2D eigenvalue weighted by molar-refractivity contribution is 5.97. The van der Waals surface area contributed by atoms with E-state index in [1.165, 1.54) is 0 Å². The molecule has 0 saturated carbocycles. The van der Waals surface area contributed by atoms with E-state index in [1.807, 2.05) is 35.2 Å². The number of urea groups is 1. The first-order valence-corrected chi connectivity index (χ1v) is 9.27. The van der Waals surface area contributed by atoms with E-state index in [9.17, 15) is 9.59 Å². The highest BCUT2D eigenvalue weighted by Gasteiger charge is 2.27. The van der Waals surface area contributed by atoms with Crippen LogP contribution in [0.1, 0.15) is 43.5 Å². The van der Waals surface area contributed by atoms with Gasteiger partial charge in [0, 0.05) is 44.3 Å². The van der Waals surface area contributed by atoms with Gasteiger partial charge in [-0.15, -0.1) is 0 Å². The number of Topliss-reactive ketones (excluding diaryl/α,β-unsaturated/α-hetero) is 1. The minimum Gasteiger partial charge on any atom is -0.381 e. The summed E-state index contributed by atoms with van der Waals surface area (Å²) in [5.41, 5.74) is 0.770. The summed E-state index contributed by atoms with van der Waals surface area (Å²) in [7, 11) is 0. The Morgan fingerprint density at radius 1 is 1.20 bits per heavy atom. The van der Waals surface area contributed by atoms with Crippen LogP contribution in [0, 0.1) is 11.8 Å². The number of ketones is 1. The standard InChI is InChI=1S/C20H30N2O3/c1-16(2)15-25-14-6-11-21-20(24)22-12-9-18(10-13-22)19(23)17-7-4-3-5-8-17/h3-5,7-8,16,18H,6,9-15H2,1-2H3,(H,21,24). The molecule has 138 valence electrons. The Morgan fingerprint density at radius 2 is 1.88 bits per heavy atom. The normalized spacial score (nSPS) is 15.4. The van der Waals surface area contributed by atoms with Crippen LogP contribution >= 0.6 is 0 Å². The van der Waals surface area contributed by atoms with Gasteiger partial charge in [0.15, 0.2) is 5.78 Å². The summed E-state index contributed by atoms with van der Waals surface area (Å²) in [6, 6.07) is 9.39. The van der Waals surface area contributed by atoms with Gasteiger partial charge in [0.25, 0.3) is 0 Å². The summed E-state index contributed by atoms with van der Waals surface area (Å²) in [6.45, 7) is 7.57. The number of nitrogens with zero attached hydrogens (tertiary/aromatic N) is 1. The monoisotopic (exact) mass is 346 g/mol. The predicted molar refractivity (Wildman–Crippen MR) is 98.7 cm³/mol.